The van der Waals surface area contributed by atoms with Gasteiger partial charge in [0.1, 0.15) is 38.1 Å². The van der Waals surface area contributed by atoms with Gasteiger partial charge in [0.25, 0.3) is 5.56 Å². The van der Waals surface area contributed by atoms with E-state index in [1.807, 2.05) is 0 Å². The van der Waals surface area contributed by atoms with Crippen LogP contribution in [0.1, 0.15) is 95.8 Å². The summed E-state index contributed by atoms with van der Waals surface area (Å²) in [5.41, 5.74) is 8.03. The van der Waals surface area contributed by atoms with Gasteiger partial charge < -0.3 is 18.9 Å². The third kappa shape index (κ3) is 14.0. The highest BCUT2D eigenvalue weighted by Gasteiger charge is 2.37. The van der Waals surface area contributed by atoms with Crippen molar-refractivity contribution in [2.45, 2.75) is 115 Å². The summed E-state index contributed by atoms with van der Waals surface area (Å²) < 4.78 is 22.8. The van der Waals surface area contributed by atoms with E-state index in [1.165, 1.54) is 68.6 Å². The minimum absolute atomic E-state index is 0.0351. The molecule has 13 nitrogen and oxygen atoms in total. The van der Waals surface area contributed by atoms with Gasteiger partial charge in [0.15, 0.2) is 0 Å². The number of nitrogens with one attached hydrogen (secondary N) is 1. The van der Waals surface area contributed by atoms with E-state index in [0.29, 0.717) is 11.3 Å². The Bertz CT molecular complexity index is 1150. The fourth-order valence-corrected chi connectivity index (χ4v) is 5.77. The highest BCUT2D eigenvalue weighted by atomic mass is 32.2. The number of methoxy groups -OCH3 is 1. The van der Waals surface area contributed by atoms with Gasteiger partial charge in [-0.05, 0) is 24.6 Å². The molecule has 1 aromatic heterocycles. The van der Waals surface area contributed by atoms with Crippen molar-refractivity contribution in [3.05, 3.63) is 43.0 Å². The predicted molar refractivity (Wildman–Crippen MR) is 164 cm³/mol. The molecule has 0 amide bonds. The maximum atomic E-state index is 12.3. The number of hydrogen-bond acceptors (Lipinski definition) is 10. The molecule has 1 N–H and O–H groups in total. The lowest BCUT2D eigenvalue weighted by molar-refractivity contribution is -0.158. The Morgan fingerprint density at radius 3 is 2.42 bits per heavy atom. The van der Waals surface area contributed by atoms with Crippen LogP contribution in [0.2, 0.25) is 0 Å². The van der Waals surface area contributed by atoms with Crippen LogP contribution in [0.5, 0.6) is 0 Å². The largest absolute Gasteiger partial charge is 0.462 e. The van der Waals surface area contributed by atoms with Gasteiger partial charge >= 0.3 is 17.6 Å². The summed E-state index contributed by atoms with van der Waals surface area (Å²) in [7, 11) is 1.56. The molecule has 1 saturated heterocycles. The van der Waals surface area contributed by atoms with Crippen molar-refractivity contribution in [2.75, 3.05) is 31.8 Å². The number of H-pyrrole nitrogens is 1. The quantitative estimate of drug-likeness (QED) is 0.0466. The number of hydrogen-bond donors (Lipinski definition) is 1. The predicted octanol–water partition coefficient (Wildman–Crippen LogP) is 4.96. The fourth-order valence-electron chi connectivity index (χ4n) is 4.70. The minimum Gasteiger partial charge on any atom is -0.462 e. The van der Waals surface area contributed by atoms with Gasteiger partial charge in [-0.2, -0.15) is 11.8 Å². The number of aryl methyl sites for hydroxylation is 1. The molecule has 0 aliphatic carbocycles. The summed E-state index contributed by atoms with van der Waals surface area (Å²) in [6, 6.07) is -0.728. The van der Waals surface area contributed by atoms with Gasteiger partial charge in [0, 0.05) is 36.0 Å². The molecule has 0 saturated carbocycles. The molecule has 1 unspecified atom stereocenters. The van der Waals surface area contributed by atoms with Gasteiger partial charge in [0.05, 0.1) is 6.04 Å². The van der Waals surface area contributed by atoms with Crippen LogP contribution in [-0.4, -0.2) is 71.6 Å². The van der Waals surface area contributed by atoms with E-state index in [0.717, 1.165) is 12.2 Å². The van der Waals surface area contributed by atoms with Crippen LogP contribution < -0.4 is 11.2 Å². The Balaban J connectivity index is 1.63. The van der Waals surface area contributed by atoms with E-state index >= 15 is 0 Å². The van der Waals surface area contributed by atoms with Crippen LogP contribution in [0.25, 0.3) is 10.4 Å². The molecule has 4 atom stereocenters. The zero-order valence-corrected chi connectivity index (χ0v) is 26.5. The van der Waals surface area contributed by atoms with Crippen molar-refractivity contribution in [1.29, 1.82) is 0 Å². The molecule has 242 valence electrons. The molecule has 0 aromatic carbocycles. The minimum atomic E-state index is -0.842. The molecule has 0 spiro atoms. The smallest absolute Gasteiger partial charge is 0.330 e. The number of aromatic amines is 1. The maximum Gasteiger partial charge on any atom is 0.330 e. The Labute approximate surface area is 257 Å². The summed E-state index contributed by atoms with van der Waals surface area (Å²) >= 11 is 1.76. The second kappa shape index (κ2) is 21.0. The van der Waals surface area contributed by atoms with Crippen LogP contribution in [0.3, 0.4) is 0 Å². The SMILES string of the molecule is CCCCCCCCCCCCSCC(COC(=O)CC(=O)OC[C@H]1O[C@@H](n2cc(C)c(=O)[nH]c2=O)C[C@@H]1N=[N+]=[N-])OC. The topological polar surface area (TPSA) is 175 Å². The summed E-state index contributed by atoms with van der Waals surface area (Å²) in [6.45, 7) is 3.52. The lowest BCUT2D eigenvalue weighted by atomic mass is 10.1. The maximum absolute atomic E-state index is 12.3. The van der Waals surface area contributed by atoms with Crippen molar-refractivity contribution in [3.8, 4) is 0 Å². The standard InChI is InChI=1S/C29H47N5O8S/c1-4-5-6-7-8-9-10-11-12-13-14-43-20-22(39-3)18-40-26(35)16-27(36)41-19-24-23(32-33-30)15-25(42-24)34-17-21(2)28(37)31-29(34)38/h17,22-25H,4-16,18-20H2,1-3H3,(H,31,37,38)/t22?,23-,24+,25+/m0/s1. The molecule has 2 rings (SSSR count). The number of carbonyl (C=O) groups is 2. The monoisotopic (exact) mass is 625 g/mol. The van der Waals surface area contributed by atoms with Gasteiger partial charge in [0.2, 0.25) is 0 Å². The Hall–Kier alpha value is -2.80. The molecule has 1 fully saturated rings. The number of nitrogens with zero attached hydrogens (tertiary/aromatic N) is 4. The number of thioether (sulfide) groups is 1. The van der Waals surface area contributed by atoms with Gasteiger partial charge in [-0.3, -0.25) is 23.9 Å². The molecule has 1 aliphatic heterocycles. The van der Waals surface area contributed by atoms with Crippen LogP contribution in [0.15, 0.2) is 20.9 Å². The van der Waals surface area contributed by atoms with E-state index in [-0.39, 0.29) is 25.7 Å². The molecule has 14 heteroatoms. The van der Waals surface area contributed by atoms with Crippen molar-refractivity contribution < 1.29 is 28.5 Å². The summed E-state index contributed by atoms with van der Waals surface area (Å²) in [5, 5.41) is 3.68. The highest BCUT2D eigenvalue weighted by Crippen LogP contribution is 2.30. The average molecular weight is 626 g/mol. The molecule has 0 radical (unpaired) electrons. The molecule has 1 aliphatic rings. The zero-order valence-electron chi connectivity index (χ0n) is 25.7. The Morgan fingerprint density at radius 2 is 1.77 bits per heavy atom. The van der Waals surface area contributed by atoms with Crippen molar-refractivity contribution in [2.24, 2.45) is 5.11 Å². The lowest BCUT2D eigenvalue weighted by Crippen LogP contribution is -2.33. The molecule has 43 heavy (non-hydrogen) atoms. The summed E-state index contributed by atoms with van der Waals surface area (Å²) in [5.74, 6) is 0.149. The number of rotatable bonds is 22. The second-order valence-corrected chi connectivity index (χ2v) is 11.9. The Kier molecular flexibility index (Phi) is 17.8. The average Bonchev–Trinajstić information content (AvgIpc) is 3.38. The third-order valence-electron chi connectivity index (χ3n) is 7.27. The molecule has 2 heterocycles. The van der Waals surface area contributed by atoms with E-state index in [2.05, 4.69) is 21.9 Å². The lowest BCUT2D eigenvalue weighted by Gasteiger charge is -2.17. The van der Waals surface area contributed by atoms with Crippen molar-refractivity contribution in [1.82, 2.24) is 9.55 Å². The molecule has 0 bridgehead atoms. The van der Waals surface area contributed by atoms with Crippen LogP contribution in [-0.2, 0) is 28.5 Å². The molecular weight excluding hydrogens is 578 g/mol. The van der Waals surface area contributed by atoms with Crippen molar-refractivity contribution >= 4 is 23.7 Å². The van der Waals surface area contributed by atoms with Gasteiger partial charge in [-0.25, -0.2) is 4.79 Å². The van der Waals surface area contributed by atoms with Crippen molar-refractivity contribution in [3.63, 3.8) is 0 Å². The van der Waals surface area contributed by atoms with Gasteiger partial charge in [-0.15, -0.1) is 0 Å². The highest BCUT2D eigenvalue weighted by molar-refractivity contribution is 7.99. The first-order valence-corrected chi connectivity index (χ1v) is 16.4. The number of unbranched alkanes of at least 4 members (excludes halogenated alkanes) is 9. The van der Waals surface area contributed by atoms with E-state index in [9.17, 15) is 19.2 Å². The zero-order chi connectivity index (χ0) is 31.5. The van der Waals surface area contributed by atoms with E-state index < -0.39 is 48.0 Å². The molecule has 1 aromatic rings. The van der Waals surface area contributed by atoms with E-state index in [1.54, 1.807) is 25.8 Å². The number of aromatic nitrogens is 2. The third-order valence-corrected chi connectivity index (χ3v) is 8.45. The number of esters is 2. The first-order valence-electron chi connectivity index (χ1n) is 15.2. The number of azide groups is 1. The number of ether oxygens (including phenoxy) is 4. The van der Waals surface area contributed by atoms with Crippen LogP contribution in [0.4, 0.5) is 0 Å². The summed E-state index contributed by atoms with van der Waals surface area (Å²) in [6.07, 6.45) is 11.9. The normalized spacial score (nSPS) is 18.6. The molecular formula is C29H47N5O8S. The Morgan fingerprint density at radius 1 is 1.12 bits per heavy atom. The van der Waals surface area contributed by atoms with Gasteiger partial charge in [-0.1, -0.05) is 69.8 Å². The summed E-state index contributed by atoms with van der Waals surface area (Å²) in [4.78, 5) is 53.3. The first kappa shape index (κ1) is 36.4. The second-order valence-electron chi connectivity index (χ2n) is 10.8. The first-order chi connectivity index (χ1) is 20.8. The van der Waals surface area contributed by atoms with E-state index in [4.69, 9.17) is 24.5 Å². The number of carbonyl (C=O) groups excluding carboxylic acids is 2. The van der Waals surface area contributed by atoms with Crippen LogP contribution >= 0.6 is 11.8 Å². The fraction of sp³-hybridized carbons (Fsp3) is 0.793. The van der Waals surface area contributed by atoms with Crippen LogP contribution in [0, 0.1) is 6.92 Å².